The van der Waals surface area contributed by atoms with Gasteiger partial charge in [0.15, 0.2) is 5.13 Å². The van der Waals surface area contributed by atoms with Crippen LogP contribution in [0.25, 0.3) is 10.2 Å². The number of anilines is 1. The molecule has 0 bridgehead atoms. The molecule has 1 aromatic heterocycles. The summed E-state index contributed by atoms with van der Waals surface area (Å²) in [7, 11) is 0. The molecule has 0 unspecified atom stereocenters. The third kappa shape index (κ3) is 3.00. The van der Waals surface area contributed by atoms with Crippen LogP contribution in [0.2, 0.25) is 0 Å². The molecule has 0 fully saturated rings. The molecule has 0 atom stereocenters. The Labute approximate surface area is 112 Å². The van der Waals surface area contributed by atoms with Gasteiger partial charge >= 0.3 is 0 Å². The highest BCUT2D eigenvalue weighted by Crippen LogP contribution is 2.28. The largest absolute Gasteiger partial charge is 0.374 e. The molecule has 18 heavy (non-hydrogen) atoms. The minimum absolute atomic E-state index is 0.165. The van der Waals surface area contributed by atoms with Crippen molar-refractivity contribution in [3.8, 4) is 0 Å². The SMILES string of the molecule is CCOC(C)(C)CNc1nc2c(C)cccc2s1. The van der Waals surface area contributed by atoms with Crippen LogP contribution in [0.1, 0.15) is 26.3 Å². The molecule has 4 heteroatoms. The van der Waals surface area contributed by atoms with Crippen LogP contribution in [0.4, 0.5) is 5.13 Å². The average molecular weight is 264 g/mol. The highest BCUT2D eigenvalue weighted by atomic mass is 32.1. The summed E-state index contributed by atoms with van der Waals surface area (Å²) in [6, 6.07) is 6.28. The van der Waals surface area contributed by atoms with Gasteiger partial charge in [0.1, 0.15) is 0 Å². The Balaban J connectivity index is 2.11. The second-order valence-electron chi connectivity index (χ2n) is 4.99. The van der Waals surface area contributed by atoms with Crippen LogP contribution >= 0.6 is 11.3 Å². The van der Waals surface area contributed by atoms with Crippen molar-refractivity contribution in [2.75, 3.05) is 18.5 Å². The molecule has 3 nitrogen and oxygen atoms in total. The molecule has 0 aliphatic rings. The Bertz CT molecular complexity index is 534. The number of nitrogens with zero attached hydrogens (tertiary/aromatic N) is 1. The van der Waals surface area contributed by atoms with E-state index >= 15 is 0 Å². The molecule has 0 amide bonds. The van der Waals surface area contributed by atoms with Gasteiger partial charge in [0.05, 0.1) is 15.8 Å². The number of benzene rings is 1. The molecule has 2 aromatic rings. The number of hydrogen-bond acceptors (Lipinski definition) is 4. The van der Waals surface area contributed by atoms with E-state index in [-0.39, 0.29) is 5.60 Å². The standard InChI is InChI=1S/C14H20N2OS/c1-5-17-14(3,4)9-15-13-16-12-10(2)7-6-8-11(12)18-13/h6-8H,5,9H2,1-4H3,(H,15,16). The third-order valence-corrected chi connectivity index (χ3v) is 3.80. The Morgan fingerprint density at radius 1 is 1.39 bits per heavy atom. The molecule has 0 radical (unpaired) electrons. The Morgan fingerprint density at radius 3 is 2.83 bits per heavy atom. The van der Waals surface area contributed by atoms with Crippen molar-refractivity contribution in [2.45, 2.75) is 33.3 Å². The van der Waals surface area contributed by atoms with Gasteiger partial charge in [0, 0.05) is 13.2 Å². The number of aryl methyl sites for hydroxylation is 1. The molecule has 0 saturated carbocycles. The van der Waals surface area contributed by atoms with Crippen molar-refractivity contribution < 1.29 is 4.74 Å². The van der Waals surface area contributed by atoms with Gasteiger partial charge in [-0.25, -0.2) is 4.98 Å². The van der Waals surface area contributed by atoms with Gasteiger partial charge < -0.3 is 10.1 Å². The molecule has 0 spiro atoms. The second-order valence-corrected chi connectivity index (χ2v) is 6.02. The summed E-state index contributed by atoms with van der Waals surface area (Å²) in [6.07, 6.45) is 0. The van der Waals surface area contributed by atoms with Gasteiger partial charge in [-0.2, -0.15) is 0 Å². The highest BCUT2D eigenvalue weighted by Gasteiger charge is 2.18. The smallest absolute Gasteiger partial charge is 0.183 e. The Kier molecular flexibility index (Phi) is 3.88. The molecule has 1 N–H and O–H groups in total. The number of aromatic nitrogens is 1. The Hall–Kier alpha value is -1.13. The normalized spacial score (nSPS) is 12.0. The number of thiazole rings is 1. The number of hydrogen-bond donors (Lipinski definition) is 1. The van der Waals surface area contributed by atoms with E-state index in [2.05, 4.69) is 49.3 Å². The molecule has 1 aromatic carbocycles. The molecule has 98 valence electrons. The highest BCUT2D eigenvalue weighted by molar-refractivity contribution is 7.22. The molecular weight excluding hydrogens is 244 g/mol. The van der Waals surface area contributed by atoms with Gasteiger partial charge in [-0.05, 0) is 39.3 Å². The van der Waals surface area contributed by atoms with Crippen molar-refractivity contribution in [3.63, 3.8) is 0 Å². The Morgan fingerprint density at radius 2 is 2.17 bits per heavy atom. The van der Waals surface area contributed by atoms with E-state index in [0.717, 1.165) is 23.8 Å². The number of para-hydroxylation sites is 1. The monoisotopic (exact) mass is 264 g/mol. The predicted octanol–water partition coefficient (Wildman–Crippen LogP) is 3.83. The number of nitrogens with one attached hydrogen (secondary N) is 1. The van der Waals surface area contributed by atoms with Crippen LogP contribution in [-0.2, 0) is 4.74 Å². The molecule has 2 rings (SSSR count). The summed E-state index contributed by atoms with van der Waals surface area (Å²) in [4.78, 5) is 4.63. The van der Waals surface area contributed by atoms with Crippen LogP contribution in [0, 0.1) is 6.92 Å². The summed E-state index contributed by atoms with van der Waals surface area (Å²) < 4.78 is 6.89. The number of rotatable bonds is 5. The van der Waals surface area contributed by atoms with Gasteiger partial charge in [0.25, 0.3) is 0 Å². The number of ether oxygens (including phenoxy) is 1. The van der Waals surface area contributed by atoms with Crippen molar-refractivity contribution in [1.82, 2.24) is 4.98 Å². The van der Waals surface area contributed by atoms with E-state index in [9.17, 15) is 0 Å². The van der Waals surface area contributed by atoms with E-state index in [1.165, 1.54) is 10.3 Å². The molecular formula is C14H20N2OS. The lowest BCUT2D eigenvalue weighted by atomic mass is 10.1. The van der Waals surface area contributed by atoms with Crippen molar-refractivity contribution >= 4 is 26.7 Å². The zero-order chi connectivity index (χ0) is 13.2. The van der Waals surface area contributed by atoms with E-state index < -0.39 is 0 Å². The summed E-state index contributed by atoms with van der Waals surface area (Å²) in [5.41, 5.74) is 2.15. The molecule has 0 saturated heterocycles. The first-order chi connectivity index (χ1) is 8.52. The first kappa shape index (κ1) is 13.3. The summed E-state index contributed by atoms with van der Waals surface area (Å²) >= 11 is 1.69. The van der Waals surface area contributed by atoms with E-state index in [0.29, 0.717) is 0 Å². The predicted molar refractivity (Wildman–Crippen MR) is 78.6 cm³/mol. The van der Waals surface area contributed by atoms with Crippen LogP contribution in [0.3, 0.4) is 0 Å². The molecule has 0 aliphatic heterocycles. The van der Waals surface area contributed by atoms with Gasteiger partial charge in [0.2, 0.25) is 0 Å². The fraction of sp³-hybridized carbons (Fsp3) is 0.500. The minimum atomic E-state index is -0.165. The maximum absolute atomic E-state index is 5.66. The fourth-order valence-corrected chi connectivity index (χ4v) is 2.83. The lowest BCUT2D eigenvalue weighted by Crippen LogP contribution is -2.33. The maximum Gasteiger partial charge on any atom is 0.183 e. The van der Waals surface area contributed by atoms with Crippen LogP contribution < -0.4 is 5.32 Å². The topological polar surface area (TPSA) is 34.1 Å². The summed E-state index contributed by atoms with van der Waals surface area (Å²) in [5.74, 6) is 0. The summed E-state index contributed by atoms with van der Waals surface area (Å²) in [6.45, 7) is 9.77. The van der Waals surface area contributed by atoms with E-state index in [1.807, 2.05) is 6.92 Å². The zero-order valence-electron chi connectivity index (χ0n) is 11.4. The van der Waals surface area contributed by atoms with E-state index in [1.54, 1.807) is 11.3 Å². The van der Waals surface area contributed by atoms with Gasteiger partial charge in [-0.3, -0.25) is 0 Å². The zero-order valence-corrected chi connectivity index (χ0v) is 12.2. The van der Waals surface area contributed by atoms with E-state index in [4.69, 9.17) is 4.74 Å². The first-order valence-electron chi connectivity index (χ1n) is 6.26. The fourth-order valence-electron chi connectivity index (χ4n) is 1.89. The van der Waals surface area contributed by atoms with Gasteiger partial charge in [-0.1, -0.05) is 23.5 Å². The quantitative estimate of drug-likeness (QED) is 0.891. The molecule has 0 aliphatic carbocycles. The maximum atomic E-state index is 5.66. The second kappa shape index (κ2) is 5.24. The van der Waals surface area contributed by atoms with Crippen LogP contribution in [0.15, 0.2) is 18.2 Å². The minimum Gasteiger partial charge on any atom is -0.374 e. The lowest BCUT2D eigenvalue weighted by molar-refractivity contribution is 0.000698. The first-order valence-corrected chi connectivity index (χ1v) is 7.07. The van der Waals surface area contributed by atoms with Crippen LogP contribution in [0.5, 0.6) is 0 Å². The number of fused-ring (bicyclic) bond motifs is 1. The lowest BCUT2D eigenvalue weighted by Gasteiger charge is -2.24. The summed E-state index contributed by atoms with van der Waals surface area (Å²) in [5, 5.41) is 4.33. The van der Waals surface area contributed by atoms with Crippen molar-refractivity contribution in [3.05, 3.63) is 23.8 Å². The third-order valence-electron chi connectivity index (χ3n) is 2.82. The van der Waals surface area contributed by atoms with Crippen LogP contribution in [-0.4, -0.2) is 23.7 Å². The average Bonchev–Trinajstić information content (AvgIpc) is 2.71. The van der Waals surface area contributed by atoms with Crippen molar-refractivity contribution in [2.24, 2.45) is 0 Å². The van der Waals surface area contributed by atoms with Gasteiger partial charge in [-0.15, -0.1) is 0 Å². The molecule has 1 heterocycles. The van der Waals surface area contributed by atoms with Crippen molar-refractivity contribution in [1.29, 1.82) is 0 Å².